The van der Waals surface area contributed by atoms with E-state index in [2.05, 4.69) is 25.1 Å². The smallest absolute Gasteiger partial charge is 0.387 e. The molecule has 0 radical (unpaired) electrons. The van der Waals surface area contributed by atoms with E-state index in [1.165, 1.54) is 26.4 Å². The number of guanidine groups is 1. The van der Waals surface area contributed by atoms with Crippen molar-refractivity contribution in [1.82, 2.24) is 10.6 Å². The molecule has 0 unspecified atom stereocenters. The van der Waals surface area contributed by atoms with Gasteiger partial charge in [0.05, 0.1) is 20.6 Å². The number of aliphatic imine (C=N–C) groups is 1. The number of benzene rings is 1. The Bertz CT molecular complexity index is 574. The highest BCUT2D eigenvalue weighted by Gasteiger charge is 2.11. The molecule has 1 aromatic rings. The number of esters is 1. The second-order valence-electron chi connectivity index (χ2n) is 4.53. The predicted molar refractivity (Wildman–Crippen MR) is 99.9 cm³/mol. The molecule has 1 aromatic carbocycles. The van der Waals surface area contributed by atoms with Gasteiger partial charge in [0.15, 0.2) is 5.96 Å². The van der Waals surface area contributed by atoms with Crippen molar-refractivity contribution in [2.24, 2.45) is 4.99 Å². The molecule has 0 saturated carbocycles. The van der Waals surface area contributed by atoms with Crippen molar-refractivity contribution in [3.8, 4) is 11.5 Å². The molecule has 142 valence electrons. The minimum atomic E-state index is -2.92. The van der Waals surface area contributed by atoms with Crippen LogP contribution in [0.2, 0.25) is 0 Å². The standard InChI is InChI=1S/C15H21F2N3O4.HI/c1-18-15(19-7-6-13(21)23-3)20-9-10-8-11(22-2)4-5-12(10)24-14(16)17;/h4-5,8,14H,6-7,9H2,1-3H3,(H2,18,19,20);1H. The lowest BCUT2D eigenvalue weighted by Gasteiger charge is -2.15. The van der Waals surface area contributed by atoms with E-state index >= 15 is 0 Å². The summed E-state index contributed by atoms with van der Waals surface area (Å²) in [4.78, 5) is 15.0. The Labute approximate surface area is 162 Å². The van der Waals surface area contributed by atoms with Gasteiger partial charge in [0.25, 0.3) is 0 Å². The van der Waals surface area contributed by atoms with Crippen LogP contribution in [0.4, 0.5) is 8.78 Å². The van der Waals surface area contributed by atoms with Crippen LogP contribution in [0, 0.1) is 0 Å². The number of methoxy groups -OCH3 is 2. The summed E-state index contributed by atoms with van der Waals surface area (Å²) in [7, 11) is 4.34. The Morgan fingerprint density at radius 3 is 2.56 bits per heavy atom. The van der Waals surface area contributed by atoms with Crippen LogP contribution in [0.1, 0.15) is 12.0 Å². The van der Waals surface area contributed by atoms with Crippen LogP contribution in [-0.2, 0) is 16.1 Å². The maximum atomic E-state index is 12.5. The quantitative estimate of drug-likeness (QED) is 0.261. The minimum absolute atomic E-state index is 0. The van der Waals surface area contributed by atoms with Gasteiger partial charge in [-0.3, -0.25) is 9.79 Å². The lowest BCUT2D eigenvalue weighted by Crippen LogP contribution is -2.38. The van der Waals surface area contributed by atoms with Crippen LogP contribution in [-0.4, -0.2) is 46.4 Å². The first-order valence-corrected chi connectivity index (χ1v) is 7.13. The monoisotopic (exact) mass is 473 g/mol. The van der Waals surface area contributed by atoms with E-state index in [1.807, 2.05) is 0 Å². The molecule has 0 amide bonds. The lowest BCUT2D eigenvalue weighted by molar-refractivity contribution is -0.140. The number of carbonyl (C=O) groups is 1. The number of carbonyl (C=O) groups excluding carboxylic acids is 1. The summed E-state index contributed by atoms with van der Waals surface area (Å²) in [5, 5.41) is 5.86. The summed E-state index contributed by atoms with van der Waals surface area (Å²) in [6.07, 6.45) is 0.177. The topological polar surface area (TPSA) is 81.2 Å². The number of ether oxygens (including phenoxy) is 3. The average Bonchev–Trinajstić information content (AvgIpc) is 2.58. The molecule has 0 aliphatic carbocycles. The zero-order chi connectivity index (χ0) is 17.9. The Hall–Kier alpha value is -1.85. The van der Waals surface area contributed by atoms with Crippen molar-refractivity contribution in [2.75, 3.05) is 27.8 Å². The zero-order valence-electron chi connectivity index (χ0n) is 14.2. The summed E-state index contributed by atoms with van der Waals surface area (Å²) >= 11 is 0. The van der Waals surface area contributed by atoms with Crippen molar-refractivity contribution < 1.29 is 27.8 Å². The molecule has 0 saturated heterocycles. The molecular weight excluding hydrogens is 451 g/mol. The molecule has 0 spiro atoms. The van der Waals surface area contributed by atoms with Crippen LogP contribution in [0.3, 0.4) is 0 Å². The molecule has 0 aliphatic rings. The van der Waals surface area contributed by atoms with E-state index in [1.54, 1.807) is 13.1 Å². The van der Waals surface area contributed by atoms with Crippen molar-refractivity contribution in [3.63, 3.8) is 0 Å². The first-order valence-electron chi connectivity index (χ1n) is 7.13. The fourth-order valence-corrected chi connectivity index (χ4v) is 1.82. The SMILES string of the molecule is CN=C(NCCC(=O)OC)NCc1cc(OC)ccc1OC(F)F.I. The van der Waals surface area contributed by atoms with Gasteiger partial charge in [-0.2, -0.15) is 8.78 Å². The van der Waals surface area contributed by atoms with E-state index in [-0.39, 0.29) is 48.7 Å². The third-order valence-electron chi connectivity index (χ3n) is 3.00. The van der Waals surface area contributed by atoms with Gasteiger partial charge in [-0.15, -0.1) is 24.0 Å². The van der Waals surface area contributed by atoms with Gasteiger partial charge in [0, 0.05) is 25.7 Å². The minimum Gasteiger partial charge on any atom is -0.497 e. The Morgan fingerprint density at radius 2 is 2.00 bits per heavy atom. The van der Waals surface area contributed by atoms with Crippen LogP contribution in [0.5, 0.6) is 11.5 Å². The molecule has 1 rings (SSSR count). The number of halogens is 3. The Balaban J connectivity index is 0.00000576. The first-order chi connectivity index (χ1) is 11.5. The highest BCUT2D eigenvalue weighted by molar-refractivity contribution is 14.0. The van der Waals surface area contributed by atoms with Crippen molar-refractivity contribution in [1.29, 1.82) is 0 Å². The van der Waals surface area contributed by atoms with Crippen LogP contribution in [0.25, 0.3) is 0 Å². The molecule has 0 aromatic heterocycles. The maximum Gasteiger partial charge on any atom is 0.387 e. The number of alkyl halides is 2. The molecule has 10 heteroatoms. The third kappa shape index (κ3) is 8.70. The highest BCUT2D eigenvalue weighted by Crippen LogP contribution is 2.25. The van der Waals surface area contributed by atoms with Crippen LogP contribution >= 0.6 is 24.0 Å². The zero-order valence-corrected chi connectivity index (χ0v) is 16.5. The van der Waals surface area contributed by atoms with Gasteiger partial charge in [-0.05, 0) is 18.2 Å². The number of hydrogen-bond acceptors (Lipinski definition) is 5. The molecule has 0 aliphatic heterocycles. The molecule has 7 nitrogen and oxygen atoms in total. The lowest BCUT2D eigenvalue weighted by atomic mass is 10.2. The van der Waals surface area contributed by atoms with Gasteiger partial charge in [0.2, 0.25) is 0 Å². The van der Waals surface area contributed by atoms with Gasteiger partial charge in [-0.25, -0.2) is 0 Å². The number of nitrogens with one attached hydrogen (secondary N) is 2. The summed E-state index contributed by atoms with van der Waals surface area (Å²) in [5.74, 6) is 0.619. The van der Waals surface area contributed by atoms with Crippen LogP contribution < -0.4 is 20.1 Å². The molecule has 0 fully saturated rings. The van der Waals surface area contributed by atoms with Gasteiger partial charge < -0.3 is 24.8 Å². The van der Waals surface area contributed by atoms with Gasteiger partial charge >= 0.3 is 12.6 Å². The van der Waals surface area contributed by atoms with Crippen molar-refractivity contribution >= 4 is 35.9 Å². The Kier molecular flexibility index (Phi) is 11.6. The maximum absolute atomic E-state index is 12.5. The fraction of sp³-hybridized carbons (Fsp3) is 0.467. The van der Waals surface area contributed by atoms with Crippen LogP contribution in [0.15, 0.2) is 23.2 Å². The first kappa shape index (κ1) is 23.1. The van der Waals surface area contributed by atoms with E-state index in [0.717, 1.165) is 0 Å². The van der Waals surface area contributed by atoms with E-state index in [4.69, 9.17) is 4.74 Å². The molecule has 0 heterocycles. The van der Waals surface area contributed by atoms with E-state index in [9.17, 15) is 13.6 Å². The van der Waals surface area contributed by atoms with E-state index in [0.29, 0.717) is 23.8 Å². The highest BCUT2D eigenvalue weighted by atomic mass is 127. The second kappa shape index (κ2) is 12.5. The summed E-state index contributed by atoms with van der Waals surface area (Å²) in [6, 6.07) is 4.53. The van der Waals surface area contributed by atoms with Gasteiger partial charge in [-0.1, -0.05) is 0 Å². The summed E-state index contributed by atoms with van der Waals surface area (Å²) < 4.78 is 39.0. The Morgan fingerprint density at radius 1 is 1.28 bits per heavy atom. The normalized spacial score (nSPS) is 10.7. The average molecular weight is 473 g/mol. The summed E-state index contributed by atoms with van der Waals surface area (Å²) in [6.45, 7) is -2.42. The summed E-state index contributed by atoms with van der Waals surface area (Å²) in [5.41, 5.74) is 0.477. The van der Waals surface area contributed by atoms with Crippen molar-refractivity contribution in [3.05, 3.63) is 23.8 Å². The largest absolute Gasteiger partial charge is 0.497 e. The van der Waals surface area contributed by atoms with E-state index < -0.39 is 6.61 Å². The third-order valence-corrected chi connectivity index (χ3v) is 3.00. The molecule has 0 atom stereocenters. The molecule has 2 N–H and O–H groups in total. The molecular formula is C15H22F2IN3O4. The number of rotatable bonds is 8. The number of hydrogen-bond donors (Lipinski definition) is 2. The predicted octanol–water partition coefficient (Wildman–Crippen LogP) is 2.14. The number of nitrogens with zero attached hydrogens (tertiary/aromatic N) is 1. The molecule has 25 heavy (non-hydrogen) atoms. The van der Waals surface area contributed by atoms with Gasteiger partial charge in [0.1, 0.15) is 11.5 Å². The fourth-order valence-electron chi connectivity index (χ4n) is 1.82. The second-order valence-corrected chi connectivity index (χ2v) is 4.53. The molecule has 0 bridgehead atoms. The van der Waals surface area contributed by atoms with Crippen molar-refractivity contribution in [2.45, 2.75) is 19.6 Å².